The van der Waals surface area contributed by atoms with E-state index >= 15 is 0 Å². The maximum absolute atomic E-state index is 13.7. The highest BCUT2D eigenvalue weighted by Crippen LogP contribution is 2.51. The first-order valence-electron chi connectivity index (χ1n) is 12.4. The van der Waals surface area contributed by atoms with Crippen LogP contribution in [-0.2, 0) is 20.8 Å². The van der Waals surface area contributed by atoms with Gasteiger partial charge in [0.15, 0.2) is 17.3 Å². The van der Waals surface area contributed by atoms with E-state index in [9.17, 15) is 34.5 Å². The SMILES string of the molecule is CCCCNCC(=O)Nc1cc(NC)c2c(c1O)C(=O)C1=C(O)C3C(=O)C(C(N)=O)=C(O)CC3C[C@@H]1C2. The zero-order chi connectivity index (χ0) is 27.0. The molecule has 1 aromatic rings. The number of carbonyl (C=O) groups is 4. The van der Waals surface area contributed by atoms with Gasteiger partial charge in [0, 0.05) is 24.7 Å². The standard InChI is InChI=1S/C26H32N4O7/c1-3-4-5-29-10-17(32)30-15-9-14(28-2)13-7-11-6-12-8-16(31)21(26(27)37)25(36)19(12)23(34)18(11)24(35)20(13)22(15)33/h9,11-12,19,28-29,31,33-34H,3-8,10H2,1-2H3,(H2,27,37)(H,30,32)/t11-,12?,19?/m1/s1. The van der Waals surface area contributed by atoms with Crippen molar-refractivity contribution in [2.45, 2.75) is 39.0 Å². The number of ketones is 2. The Kier molecular flexibility index (Phi) is 7.26. The first-order chi connectivity index (χ1) is 17.6. The van der Waals surface area contributed by atoms with Gasteiger partial charge in [-0.15, -0.1) is 0 Å². The molecule has 11 heteroatoms. The number of aromatic hydroxyl groups is 1. The summed E-state index contributed by atoms with van der Waals surface area (Å²) in [5.41, 5.74) is 5.75. The van der Waals surface area contributed by atoms with Gasteiger partial charge < -0.3 is 37.0 Å². The molecule has 0 bridgehead atoms. The fourth-order valence-corrected chi connectivity index (χ4v) is 5.72. The van der Waals surface area contributed by atoms with Crippen LogP contribution >= 0.6 is 0 Å². The van der Waals surface area contributed by atoms with Gasteiger partial charge in [0.05, 0.1) is 23.7 Å². The number of nitrogens with two attached hydrogens (primary N) is 1. The number of allylic oxidation sites excluding steroid dienone is 3. The molecule has 3 aliphatic carbocycles. The molecule has 3 atom stereocenters. The average molecular weight is 513 g/mol. The first kappa shape index (κ1) is 26.2. The Hall–Kier alpha value is -3.86. The van der Waals surface area contributed by atoms with Gasteiger partial charge in [0.2, 0.25) is 5.91 Å². The number of phenolic OH excluding ortho intramolecular Hbond substituents is 1. The van der Waals surface area contributed by atoms with E-state index in [1.807, 2.05) is 6.92 Å². The van der Waals surface area contributed by atoms with Crippen molar-refractivity contribution in [1.29, 1.82) is 0 Å². The normalized spacial score (nSPS) is 22.8. The zero-order valence-electron chi connectivity index (χ0n) is 20.8. The van der Waals surface area contributed by atoms with Gasteiger partial charge in [-0.2, -0.15) is 0 Å². The molecular weight excluding hydrogens is 480 g/mol. The number of phenols is 1. The molecule has 0 saturated heterocycles. The van der Waals surface area contributed by atoms with Crippen LogP contribution in [0.15, 0.2) is 28.7 Å². The maximum atomic E-state index is 13.7. The number of hydrogen-bond acceptors (Lipinski definition) is 9. The van der Waals surface area contributed by atoms with Crippen LogP contribution in [0.25, 0.3) is 0 Å². The van der Waals surface area contributed by atoms with Crippen molar-refractivity contribution in [2.24, 2.45) is 23.5 Å². The maximum Gasteiger partial charge on any atom is 0.255 e. The Morgan fingerprint density at radius 2 is 1.86 bits per heavy atom. The number of anilines is 2. The molecule has 3 aliphatic rings. The van der Waals surface area contributed by atoms with Crippen molar-refractivity contribution in [3.8, 4) is 5.75 Å². The fraction of sp³-hybridized carbons (Fsp3) is 0.462. The van der Waals surface area contributed by atoms with Gasteiger partial charge in [-0.3, -0.25) is 19.2 Å². The van der Waals surface area contributed by atoms with Crippen LogP contribution in [-0.4, -0.2) is 58.8 Å². The third-order valence-electron chi connectivity index (χ3n) is 7.42. The number of nitrogens with one attached hydrogen (secondary N) is 3. The highest BCUT2D eigenvalue weighted by Gasteiger charge is 2.50. The predicted molar refractivity (Wildman–Crippen MR) is 135 cm³/mol. The van der Waals surface area contributed by atoms with Gasteiger partial charge >= 0.3 is 0 Å². The highest BCUT2D eigenvalue weighted by atomic mass is 16.3. The topological polar surface area (TPSA) is 191 Å². The molecule has 37 heavy (non-hydrogen) atoms. The van der Waals surface area contributed by atoms with Crippen molar-refractivity contribution in [2.75, 3.05) is 30.8 Å². The van der Waals surface area contributed by atoms with E-state index in [0.717, 1.165) is 12.8 Å². The lowest BCUT2D eigenvalue weighted by atomic mass is 9.62. The van der Waals surface area contributed by atoms with E-state index in [2.05, 4.69) is 16.0 Å². The van der Waals surface area contributed by atoms with Crippen LogP contribution in [0, 0.1) is 17.8 Å². The number of hydrogen-bond donors (Lipinski definition) is 7. The van der Waals surface area contributed by atoms with Gasteiger partial charge in [0.1, 0.15) is 17.1 Å². The van der Waals surface area contributed by atoms with Crippen molar-refractivity contribution in [3.05, 3.63) is 39.9 Å². The molecule has 0 heterocycles. The minimum Gasteiger partial charge on any atom is -0.511 e. The van der Waals surface area contributed by atoms with Crippen LogP contribution in [0.2, 0.25) is 0 Å². The van der Waals surface area contributed by atoms with Gasteiger partial charge in [0.25, 0.3) is 5.91 Å². The zero-order valence-corrected chi connectivity index (χ0v) is 20.8. The number of primary amides is 1. The number of Topliss-reactive ketones (excluding diaryl/α,β-unsaturated/α-hetero) is 2. The largest absolute Gasteiger partial charge is 0.511 e. The summed E-state index contributed by atoms with van der Waals surface area (Å²) in [6, 6.07) is 1.56. The quantitative estimate of drug-likeness (QED) is 0.118. The average Bonchev–Trinajstić information content (AvgIpc) is 2.82. The Labute approximate surface area is 213 Å². The number of carbonyl (C=O) groups excluding carboxylic acids is 4. The van der Waals surface area contributed by atoms with Crippen LogP contribution in [0.5, 0.6) is 5.75 Å². The summed E-state index contributed by atoms with van der Waals surface area (Å²) in [5.74, 6) is -6.41. The molecule has 0 fully saturated rings. The summed E-state index contributed by atoms with van der Waals surface area (Å²) in [4.78, 5) is 50.8. The third kappa shape index (κ3) is 4.55. The van der Waals surface area contributed by atoms with E-state index in [0.29, 0.717) is 24.2 Å². The van der Waals surface area contributed by atoms with E-state index in [1.54, 1.807) is 13.1 Å². The summed E-state index contributed by atoms with van der Waals surface area (Å²) in [6.07, 6.45) is 2.46. The summed E-state index contributed by atoms with van der Waals surface area (Å²) in [7, 11) is 1.66. The summed E-state index contributed by atoms with van der Waals surface area (Å²) in [6.45, 7) is 2.73. The molecular formula is C26H32N4O7. The predicted octanol–water partition coefficient (Wildman–Crippen LogP) is 1.84. The molecule has 11 nitrogen and oxygen atoms in total. The lowest BCUT2D eigenvalue weighted by Crippen LogP contribution is -2.43. The molecule has 0 saturated carbocycles. The second kappa shape index (κ2) is 10.3. The number of aliphatic hydroxyl groups excluding tert-OH is 2. The second-order valence-electron chi connectivity index (χ2n) is 9.76. The molecule has 0 aliphatic heterocycles. The van der Waals surface area contributed by atoms with Crippen LogP contribution in [0.4, 0.5) is 11.4 Å². The lowest BCUT2D eigenvalue weighted by Gasteiger charge is -2.41. The molecule has 198 valence electrons. The van der Waals surface area contributed by atoms with E-state index < -0.39 is 64.0 Å². The number of aliphatic hydroxyl groups is 2. The minimum absolute atomic E-state index is 0.00521. The summed E-state index contributed by atoms with van der Waals surface area (Å²) < 4.78 is 0. The highest BCUT2D eigenvalue weighted by molar-refractivity contribution is 6.22. The van der Waals surface area contributed by atoms with Crippen LogP contribution < -0.4 is 21.7 Å². The number of benzene rings is 1. The monoisotopic (exact) mass is 512 g/mol. The Morgan fingerprint density at radius 3 is 2.51 bits per heavy atom. The molecule has 0 aromatic heterocycles. The van der Waals surface area contributed by atoms with E-state index in [-0.39, 0.29) is 36.2 Å². The van der Waals surface area contributed by atoms with E-state index in [4.69, 9.17) is 5.73 Å². The smallest absolute Gasteiger partial charge is 0.255 e. The van der Waals surface area contributed by atoms with Crippen LogP contribution in [0.1, 0.15) is 48.5 Å². The fourth-order valence-electron chi connectivity index (χ4n) is 5.72. The van der Waals surface area contributed by atoms with Gasteiger partial charge in [-0.1, -0.05) is 13.3 Å². The lowest BCUT2D eigenvalue weighted by molar-refractivity contribution is -0.126. The summed E-state index contributed by atoms with van der Waals surface area (Å²) in [5, 5.41) is 41.1. The molecule has 2 amide bonds. The minimum atomic E-state index is -1.18. The van der Waals surface area contributed by atoms with Gasteiger partial charge in [-0.05, 0) is 49.3 Å². The van der Waals surface area contributed by atoms with Gasteiger partial charge in [-0.25, -0.2) is 0 Å². The number of amides is 2. The molecule has 2 unspecified atom stereocenters. The van der Waals surface area contributed by atoms with Crippen molar-refractivity contribution in [1.82, 2.24) is 5.32 Å². The number of fused-ring (bicyclic) bond motifs is 3. The molecule has 0 spiro atoms. The van der Waals surface area contributed by atoms with E-state index in [1.165, 1.54) is 0 Å². The third-order valence-corrected chi connectivity index (χ3v) is 7.42. The Balaban J connectivity index is 1.71. The summed E-state index contributed by atoms with van der Waals surface area (Å²) >= 11 is 0. The van der Waals surface area contributed by atoms with Crippen molar-refractivity contribution >= 4 is 34.8 Å². The number of unbranched alkanes of at least 4 members (excludes halogenated alkanes) is 1. The molecule has 1 aromatic carbocycles. The van der Waals surface area contributed by atoms with Crippen LogP contribution in [0.3, 0.4) is 0 Å². The Morgan fingerprint density at radius 1 is 1.14 bits per heavy atom. The second-order valence-corrected chi connectivity index (χ2v) is 9.76. The number of rotatable bonds is 8. The molecule has 4 rings (SSSR count). The van der Waals surface area contributed by atoms with Crippen molar-refractivity contribution < 1.29 is 34.5 Å². The molecule has 8 N–H and O–H groups in total. The van der Waals surface area contributed by atoms with Crippen molar-refractivity contribution in [3.63, 3.8) is 0 Å². The molecule has 0 radical (unpaired) electrons. The first-order valence-corrected chi connectivity index (χ1v) is 12.4. The Bertz CT molecular complexity index is 1250.